The lowest BCUT2D eigenvalue weighted by Gasteiger charge is -2.31. The van der Waals surface area contributed by atoms with E-state index in [9.17, 15) is 0 Å². The molecule has 1 aromatic rings. The minimum absolute atomic E-state index is 0.0497. The lowest BCUT2D eigenvalue weighted by atomic mass is 9.98. The summed E-state index contributed by atoms with van der Waals surface area (Å²) in [4.78, 5) is 2.28. The summed E-state index contributed by atoms with van der Waals surface area (Å²) in [5, 5.41) is 9.13. The van der Waals surface area contributed by atoms with Gasteiger partial charge in [-0.05, 0) is 36.1 Å². The first-order valence-corrected chi connectivity index (χ1v) is 7.78. The van der Waals surface area contributed by atoms with Gasteiger partial charge in [-0.25, -0.2) is 0 Å². The third-order valence-corrected chi connectivity index (χ3v) is 3.97. The first kappa shape index (κ1) is 16.3. The van der Waals surface area contributed by atoms with Crippen LogP contribution >= 0.6 is 0 Å². The minimum atomic E-state index is -0.0497. The van der Waals surface area contributed by atoms with Gasteiger partial charge in [0, 0.05) is 19.6 Å². The van der Waals surface area contributed by atoms with E-state index in [1.54, 1.807) is 0 Å². The molecule has 1 aromatic carbocycles. The Hall–Kier alpha value is -1.10. The normalized spacial score (nSPS) is 20.0. The molecule has 21 heavy (non-hydrogen) atoms. The van der Waals surface area contributed by atoms with Crippen molar-refractivity contribution in [1.29, 1.82) is 0 Å². The van der Waals surface area contributed by atoms with Crippen molar-refractivity contribution >= 4 is 0 Å². The van der Waals surface area contributed by atoms with Crippen LogP contribution in [0.4, 0.5) is 0 Å². The minimum Gasteiger partial charge on any atom is -0.492 e. The van der Waals surface area contributed by atoms with Crippen LogP contribution in [0.1, 0.15) is 30.9 Å². The number of rotatable bonds is 6. The average Bonchev–Trinajstić information content (AvgIpc) is 2.47. The molecule has 1 atom stereocenters. The van der Waals surface area contributed by atoms with Gasteiger partial charge < -0.3 is 14.6 Å². The zero-order chi connectivity index (χ0) is 15.2. The maximum atomic E-state index is 9.13. The Kier molecular flexibility index (Phi) is 6.03. The molecule has 1 saturated heterocycles. The van der Waals surface area contributed by atoms with Gasteiger partial charge in [0.15, 0.2) is 0 Å². The maximum absolute atomic E-state index is 9.13. The third-order valence-electron chi connectivity index (χ3n) is 3.97. The lowest BCUT2D eigenvalue weighted by Crippen LogP contribution is -2.45. The number of hydrogen-bond acceptors (Lipinski definition) is 4. The third kappa shape index (κ3) is 4.70. The van der Waals surface area contributed by atoms with E-state index < -0.39 is 0 Å². The van der Waals surface area contributed by atoms with Crippen molar-refractivity contribution in [3.8, 4) is 5.75 Å². The fraction of sp³-hybridized carbons (Fsp3) is 0.647. The van der Waals surface area contributed by atoms with Gasteiger partial charge in [-0.1, -0.05) is 19.9 Å². The second-order valence-corrected chi connectivity index (χ2v) is 6.00. The Morgan fingerprint density at radius 2 is 2.24 bits per heavy atom. The Balaban J connectivity index is 1.79. The van der Waals surface area contributed by atoms with Crippen molar-refractivity contribution < 1.29 is 14.6 Å². The number of aliphatic hydroxyl groups is 1. The van der Waals surface area contributed by atoms with Crippen LogP contribution in [0.3, 0.4) is 0 Å². The number of hydrogen-bond donors (Lipinski definition) is 1. The number of ether oxygens (including phenoxy) is 2. The van der Waals surface area contributed by atoms with Crippen molar-refractivity contribution in [2.75, 3.05) is 39.5 Å². The summed E-state index contributed by atoms with van der Waals surface area (Å²) < 4.78 is 11.3. The molecule has 0 saturated carbocycles. The molecule has 2 rings (SSSR count). The second-order valence-electron chi connectivity index (χ2n) is 6.00. The molecule has 0 amide bonds. The van der Waals surface area contributed by atoms with E-state index in [0.29, 0.717) is 19.1 Å². The van der Waals surface area contributed by atoms with Crippen LogP contribution in [-0.2, 0) is 4.74 Å². The molecule has 0 radical (unpaired) electrons. The highest BCUT2D eigenvalue weighted by Crippen LogP contribution is 2.23. The Morgan fingerprint density at radius 1 is 1.43 bits per heavy atom. The quantitative estimate of drug-likeness (QED) is 0.873. The fourth-order valence-corrected chi connectivity index (χ4v) is 2.77. The molecular formula is C17H27NO3. The molecule has 1 unspecified atom stereocenters. The highest BCUT2D eigenvalue weighted by molar-refractivity contribution is 5.36. The molecule has 4 heteroatoms. The van der Waals surface area contributed by atoms with Crippen molar-refractivity contribution in [3.05, 3.63) is 29.3 Å². The van der Waals surface area contributed by atoms with Crippen LogP contribution in [0.25, 0.3) is 0 Å². The first-order chi connectivity index (χ1) is 10.1. The predicted octanol–water partition coefficient (Wildman–Crippen LogP) is 2.19. The summed E-state index contributed by atoms with van der Waals surface area (Å²) in [6.45, 7) is 10.5. The van der Waals surface area contributed by atoms with Crippen molar-refractivity contribution in [3.63, 3.8) is 0 Å². The zero-order valence-corrected chi connectivity index (χ0v) is 13.3. The smallest absolute Gasteiger partial charge is 0.119 e. The van der Waals surface area contributed by atoms with Gasteiger partial charge in [-0.3, -0.25) is 4.90 Å². The van der Waals surface area contributed by atoms with Crippen LogP contribution in [0, 0.1) is 6.92 Å². The second kappa shape index (κ2) is 7.78. The number of benzene rings is 1. The van der Waals surface area contributed by atoms with Gasteiger partial charge in [0.05, 0.1) is 19.3 Å². The first-order valence-electron chi connectivity index (χ1n) is 7.78. The average molecular weight is 293 g/mol. The number of nitrogens with zero attached hydrogens (tertiary/aromatic N) is 1. The summed E-state index contributed by atoms with van der Waals surface area (Å²) in [6.07, 6.45) is -0.0497. The van der Waals surface area contributed by atoms with E-state index in [-0.39, 0.29) is 12.7 Å². The van der Waals surface area contributed by atoms with E-state index in [0.717, 1.165) is 25.4 Å². The molecule has 0 spiro atoms. The van der Waals surface area contributed by atoms with E-state index in [2.05, 4.69) is 43.9 Å². The Labute approximate surface area is 127 Å². The SMILES string of the molecule is Cc1cc(OCCN2CCOC(CO)C2)ccc1C(C)C. The van der Waals surface area contributed by atoms with E-state index in [1.807, 2.05) is 0 Å². The summed E-state index contributed by atoms with van der Waals surface area (Å²) >= 11 is 0. The Bertz CT molecular complexity index is 448. The van der Waals surface area contributed by atoms with E-state index >= 15 is 0 Å². The maximum Gasteiger partial charge on any atom is 0.119 e. The van der Waals surface area contributed by atoms with Crippen molar-refractivity contribution in [1.82, 2.24) is 4.90 Å². The Morgan fingerprint density at radius 3 is 2.90 bits per heavy atom. The van der Waals surface area contributed by atoms with Gasteiger partial charge in [-0.15, -0.1) is 0 Å². The topological polar surface area (TPSA) is 41.9 Å². The van der Waals surface area contributed by atoms with Gasteiger partial charge in [0.25, 0.3) is 0 Å². The van der Waals surface area contributed by atoms with E-state index in [4.69, 9.17) is 14.6 Å². The van der Waals surface area contributed by atoms with Crippen LogP contribution in [0.5, 0.6) is 5.75 Å². The summed E-state index contributed by atoms with van der Waals surface area (Å²) in [5.41, 5.74) is 2.66. The fourth-order valence-electron chi connectivity index (χ4n) is 2.77. The molecule has 0 aliphatic carbocycles. The molecule has 1 aliphatic heterocycles. The van der Waals surface area contributed by atoms with Crippen LogP contribution in [0.15, 0.2) is 18.2 Å². The molecule has 0 bridgehead atoms. The molecular weight excluding hydrogens is 266 g/mol. The molecule has 1 aliphatic rings. The molecule has 0 aromatic heterocycles. The molecule has 1 heterocycles. The largest absolute Gasteiger partial charge is 0.492 e. The van der Waals surface area contributed by atoms with Crippen LogP contribution < -0.4 is 4.74 Å². The van der Waals surface area contributed by atoms with Gasteiger partial charge in [0.2, 0.25) is 0 Å². The molecule has 118 valence electrons. The monoisotopic (exact) mass is 293 g/mol. The molecule has 4 nitrogen and oxygen atoms in total. The van der Waals surface area contributed by atoms with Crippen molar-refractivity contribution in [2.45, 2.75) is 32.8 Å². The lowest BCUT2D eigenvalue weighted by molar-refractivity contribution is -0.0547. The molecule has 1 fully saturated rings. The summed E-state index contributed by atoms with van der Waals surface area (Å²) in [6, 6.07) is 6.33. The standard InChI is InChI=1S/C17H27NO3/c1-13(2)17-5-4-15(10-14(17)3)20-8-6-18-7-9-21-16(11-18)12-19/h4-5,10,13,16,19H,6-9,11-12H2,1-3H3. The van der Waals surface area contributed by atoms with Gasteiger partial charge >= 0.3 is 0 Å². The van der Waals surface area contributed by atoms with Gasteiger partial charge in [-0.2, -0.15) is 0 Å². The number of morpholine rings is 1. The van der Waals surface area contributed by atoms with E-state index in [1.165, 1.54) is 11.1 Å². The summed E-state index contributed by atoms with van der Waals surface area (Å²) in [7, 11) is 0. The highest BCUT2D eigenvalue weighted by Gasteiger charge is 2.19. The highest BCUT2D eigenvalue weighted by atomic mass is 16.5. The van der Waals surface area contributed by atoms with Crippen LogP contribution in [0.2, 0.25) is 0 Å². The summed E-state index contributed by atoms with van der Waals surface area (Å²) in [5.74, 6) is 1.48. The van der Waals surface area contributed by atoms with Gasteiger partial charge in [0.1, 0.15) is 12.4 Å². The zero-order valence-electron chi connectivity index (χ0n) is 13.3. The van der Waals surface area contributed by atoms with Crippen LogP contribution in [-0.4, -0.2) is 55.6 Å². The molecule has 1 N–H and O–H groups in total. The van der Waals surface area contributed by atoms with Crippen molar-refractivity contribution in [2.24, 2.45) is 0 Å². The number of aliphatic hydroxyl groups excluding tert-OH is 1. The number of aryl methyl sites for hydroxylation is 1. The predicted molar refractivity (Wildman–Crippen MR) is 84.0 cm³/mol.